The number of aliphatic hydroxyl groups excluding tert-OH is 1. The summed E-state index contributed by atoms with van der Waals surface area (Å²) < 4.78 is 13.6. The van der Waals surface area contributed by atoms with Crippen molar-refractivity contribution in [1.29, 1.82) is 0 Å². The topological polar surface area (TPSA) is 63.9 Å². The second kappa shape index (κ2) is 9.22. The van der Waals surface area contributed by atoms with Crippen molar-refractivity contribution in [2.24, 2.45) is 0 Å². The molecule has 1 saturated heterocycles. The molecule has 2 heterocycles. The second-order valence-corrected chi connectivity index (χ2v) is 7.21. The van der Waals surface area contributed by atoms with Crippen molar-refractivity contribution in [2.45, 2.75) is 13.1 Å². The monoisotopic (exact) mass is 394 g/mol. The molecule has 1 aliphatic rings. The molecule has 0 saturated carbocycles. The molecular weight excluding hydrogens is 368 g/mol. The van der Waals surface area contributed by atoms with Crippen LogP contribution in [0, 0.1) is 0 Å². The Bertz CT molecular complexity index is 976. The maximum absolute atomic E-state index is 11.8. The van der Waals surface area contributed by atoms with E-state index in [4.69, 9.17) is 14.6 Å². The molecule has 0 unspecified atom stereocenters. The molecule has 0 radical (unpaired) electrons. The van der Waals surface area contributed by atoms with Crippen LogP contribution in [0.2, 0.25) is 0 Å². The number of ketones is 1. The predicted octanol–water partition coefficient (Wildman–Crippen LogP) is 2.73. The molecule has 0 spiro atoms. The molecule has 29 heavy (non-hydrogen) atoms. The molecule has 0 bridgehead atoms. The van der Waals surface area contributed by atoms with Gasteiger partial charge >= 0.3 is 0 Å². The third-order valence-corrected chi connectivity index (χ3v) is 5.30. The summed E-state index contributed by atoms with van der Waals surface area (Å²) in [5.41, 5.74) is 2.67. The summed E-state index contributed by atoms with van der Waals surface area (Å²) in [6.07, 6.45) is 2.00. The molecule has 1 N–H and O–H groups in total. The second-order valence-electron chi connectivity index (χ2n) is 7.21. The largest absolute Gasteiger partial charge is 0.491 e. The summed E-state index contributed by atoms with van der Waals surface area (Å²) in [7, 11) is 0. The molecule has 6 nitrogen and oxygen atoms in total. The van der Waals surface area contributed by atoms with Crippen molar-refractivity contribution in [2.75, 3.05) is 39.5 Å². The fourth-order valence-corrected chi connectivity index (χ4v) is 3.67. The van der Waals surface area contributed by atoms with E-state index in [-0.39, 0.29) is 5.78 Å². The van der Waals surface area contributed by atoms with E-state index in [0.29, 0.717) is 18.7 Å². The summed E-state index contributed by atoms with van der Waals surface area (Å²) in [5, 5.41) is 10.2. The zero-order valence-corrected chi connectivity index (χ0v) is 16.4. The quantitative estimate of drug-likeness (QED) is 0.595. The fourth-order valence-electron chi connectivity index (χ4n) is 3.67. The van der Waals surface area contributed by atoms with Gasteiger partial charge in [-0.3, -0.25) is 9.69 Å². The minimum atomic E-state index is -0.477. The number of Topliss-reactive ketones (excluding diaryl/α,β-unsaturated/α-hetero) is 1. The van der Waals surface area contributed by atoms with Gasteiger partial charge in [-0.2, -0.15) is 0 Å². The van der Waals surface area contributed by atoms with Crippen molar-refractivity contribution < 1.29 is 19.4 Å². The van der Waals surface area contributed by atoms with Crippen molar-refractivity contribution in [3.8, 4) is 5.75 Å². The van der Waals surface area contributed by atoms with Crippen LogP contribution in [0.5, 0.6) is 5.75 Å². The summed E-state index contributed by atoms with van der Waals surface area (Å²) >= 11 is 0. The van der Waals surface area contributed by atoms with Crippen LogP contribution in [0.3, 0.4) is 0 Å². The Morgan fingerprint density at radius 1 is 1.10 bits per heavy atom. The first-order valence-corrected chi connectivity index (χ1v) is 9.98. The normalized spacial score (nSPS) is 14.9. The lowest BCUT2D eigenvalue weighted by Crippen LogP contribution is -2.35. The molecule has 3 aromatic rings. The smallest absolute Gasteiger partial charge is 0.188 e. The molecular formula is C23H26N2O4. The number of nitrogens with zero attached hydrogens (tertiary/aromatic N) is 2. The van der Waals surface area contributed by atoms with Gasteiger partial charge in [-0.15, -0.1) is 0 Å². The standard InChI is InChI=1S/C23H26N2O4/c26-17-22(27)19-6-5-18-7-8-25(21(18)15-19)11-14-29-23-4-2-1-3-20(23)16-24-9-12-28-13-10-24/h1-8,15,26H,9-14,16-17H2. The van der Waals surface area contributed by atoms with E-state index >= 15 is 0 Å². The van der Waals surface area contributed by atoms with E-state index < -0.39 is 6.61 Å². The van der Waals surface area contributed by atoms with Crippen LogP contribution in [0.25, 0.3) is 10.9 Å². The minimum absolute atomic E-state index is 0.270. The Hall–Kier alpha value is -2.67. The van der Waals surface area contributed by atoms with Gasteiger partial charge in [-0.25, -0.2) is 0 Å². The molecule has 0 aliphatic carbocycles. The number of carbonyl (C=O) groups excluding carboxylic acids is 1. The van der Waals surface area contributed by atoms with Crippen LogP contribution in [-0.4, -0.2) is 59.9 Å². The van der Waals surface area contributed by atoms with Crippen LogP contribution >= 0.6 is 0 Å². The first kappa shape index (κ1) is 19.6. The van der Waals surface area contributed by atoms with E-state index in [1.165, 1.54) is 5.56 Å². The van der Waals surface area contributed by atoms with Crippen molar-refractivity contribution in [1.82, 2.24) is 9.47 Å². The zero-order valence-electron chi connectivity index (χ0n) is 16.4. The number of ether oxygens (including phenoxy) is 2. The summed E-state index contributed by atoms with van der Waals surface area (Å²) in [6.45, 7) is 5.04. The number of benzene rings is 2. The number of fused-ring (bicyclic) bond motifs is 1. The molecule has 2 aromatic carbocycles. The number of hydrogen-bond donors (Lipinski definition) is 1. The Labute approximate surface area is 170 Å². The van der Waals surface area contributed by atoms with Gasteiger partial charge < -0.3 is 19.1 Å². The number of aromatic nitrogens is 1. The number of para-hydroxylation sites is 1. The van der Waals surface area contributed by atoms with Gasteiger partial charge in [0.15, 0.2) is 5.78 Å². The van der Waals surface area contributed by atoms with Gasteiger partial charge in [-0.1, -0.05) is 30.3 Å². The van der Waals surface area contributed by atoms with E-state index in [1.54, 1.807) is 6.07 Å². The van der Waals surface area contributed by atoms with Crippen LogP contribution in [0.1, 0.15) is 15.9 Å². The molecule has 0 atom stereocenters. The molecule has 0 amide bonds. The zero-order chi connectivity index (χ0) is 20.1. The van der Waals surface area contributed by atoms with Crippen LogP contribution < -0.4 is 4.74 Å². The van der Waals surface area contributed by atoms with E-state index in [1.807, 2.05) is 42.6 Å². The molecule has 1 aliphatic heterocycles. The minimum Gasteiger partial charge on any atom is -0.491 e. The SMILES string of the molecule is O=C(CO)c1ccc2ccn(CCOc3ccccc3CN3CCOCC3)c2c1. The van der Waals surface area contributed by atoms with E-state index in [9.17, 15) is 4.79 Å². The van der Waals surface area contributed by atoms with Crippen LogP contribution in [0.4, 0.5) is 0 Å². The number of carbonyl (C=O) groups is 1. The highest BCUT2D eigenvalue weighted by Crippen LogP contribution is 2.22. The third kappa shape index (κ3) is 4.67. The molecule has 152 valence electrons. The molecule has 4 rings (SSSR count). The summed E-state index contributed by atoms with van der Waals surface area (Å²) in [4.78, 5) is 14.2. The third-order valence-electron chi connectivity index (χ3n) is 5.30. The lowest BCUT2D eigenvalue weighted by atomic mass is 10.1. The van der Waals surface area contributed by atoms with Gasteiger partial charge in [0.2, 0.25) is 0 Å². The number of aliphatic hydroxyl groups is 1. The summed E-state index contributed by atoms with van der Waals surface area (Å²) in [5.74, 6) is 0.638. The van der Waals surface area contributed by atoms with Gasteiger partial charge in [0.25, 0.3) is 0 Å². The highest BCUT2D eigenvalue weighted by atomic mass is 16.5. The van der Waals surface area contributed by atoms with E-state index in [0.717, 1.165) is 49.5 Å². The van der Waals surface area contributed by atoms with Crippen molar-refractivity contribution in [3.63, 3.8) is 0 Å². The summed E-state index contributed by atoms with van der Waals surface area (Å²) in [6, 6.07) is 15.7. The number of hydrogen-bond acceptors (Lipinski definition) is 5. The molecule has 1 aromatic heterocycles. The molecule has 1 fully saturated rings. The Balaban J connectivity index is 1.42. The van der Waals surface area contributed by atoms with Crippen molar-refractivity contribution in [3.05, 3.63) is 65.9 Å². The fraction of sp³-hybridized carbons (Fsp3) is 0.348. The maximum atomic E-state index is 11.8. The van der Waals surface area contributed by atoms with Gasteiger partial charge in [-0.05, 0) is 23.6 Å². The predicted molar refractivity (Wildman–Crippen MR) is 111 cm³/mol. The van der Waals surface area contributed by atoms with Crippen LogP contribution in [-0.2, 0) is 17.8 Å². The van der Waals surface area contributed by atoms with Crippen LogP contribution in [0.15, 0.2) is 54.7 Å². The first-order valence-electron chi connectivity index (χ1n) is 9.98. The number of rotatable bonds is 8. The first-order chi connectivity index (χ1) is 14.2. The average molecular weight is 394 g/mol. The number of morpholine rings is 1. The van der Waals surface area contributed by atoms with E-state index in [2.05, 4.69) is 15.5 Å². The Morgan fingerprint density at radius 3 is 2.76 bits per heavy atom. The van der Waals surface area contributed by atoms with Crippen molar-refractivity contribution >= 4 is 16.7 Å². The van der Waals surface area contributed by atoms with Gasteiger partial charge in [0.05, 0.1) is 19.8 Å². The van der Waals surface area contributed by atoms with Gasteiger partial charge in [0, 0.05) is 42.5 Å². The lowest BCUT2D eigenvalue weighted by Gasteiger charge is -2.27. The maximum Gasteiger partial charge on any atom is 0.188 e. The Kier molecular flexibility index (Phi) is 6.24. The molecule has 6 heteroatoms. The Morgan fingerprint density at radius 2 is 1.93 bits per heavy atom. The van der Waals surface area contributed by atoms with Gasteiger partial charge in [0.1, 0.15) is 19.0 Å². The highest BCUT2D eigenvalue weighted by Gasteiger charge is 2.13. The lowest BCUT2D eigenvalue weighted by molar-refractivity contribution is 0.0338. The highest BCUT2D eigenvalue weighted by molar-refractivity contribution is 6.00. The average Bonchev–Trinajstić information content (AvgIpc) is 3.17.